The van der Waals surface area contributed by atoms with Crippen LogP contribution in [-0.4, -0.2) is 21.7 Å². The SMILES string of the molecule is O=C(CCc1nc2ccccc2o1)NNC(=O)c1cccc([N+](=O)[O-])c1. The van der Waals surface area contributed by atoms with Crippen molar-refractivity contribution in [2.24, 2.45) is 0 Å². The molecule has 0 saturated heterocycles. The fourth-order valence-corrected chi connectivity index (χ4v) is 2.27. The maximum absolute atomic E-state index is 11.9. The fourth-order valence-electron chi connectivity index (χ4n) is 2.27. The largest absolute Gasteiger partial charge is 0.441 e. The zero-order valence-corrected chi connectivity index (χ0v) is 13.5. The first-order chi connectivity index (χ1) is 12.5. The van der Waals surface area contributed by atoms with Crippen LogP contribution in [0.4, 0.5) is 5.69 Å². The Morgan fingerprint density at radius 3 is 2.69 bits per heavy atom. The lowest BCUT2D eigenvalue weighted by atomic mass is 10.2. The highest BCUT2D eigenvalue weighted by Gasteiger charge is 2.13. The molecule has 3 aromatic rings. The molecule has 2 amide bonds. The number of hydrazine groups is 1. The summed E-state index contributed by atoms with van der Waals surface area (Å²) in [4.78, 5) is 38.1. The Bertz CT molecular complexity index is 949. The number of oxazole rings is 1. The summed E-state index contributed by atoms with van der Waals surface area (Å²) in [6.07, 6.45) is 0.329. The number of amides is 2. The van der Waals surface area contributed by atoms with E-state index in [4.69, 9.17) is 4.42 Å². The molecule has 0 bridgehead atoms. The summed E-state index contributed by atoms with van der Waals surface area (Å²) in [5, 5.41) is 10.7. The highest BCUT2D eigenvalue weighted by atomic mass is 16.6. The molecule has 0 fully saturated rings. The Hall–Kier alpha value is -3.75. The van der Waals surface area contributed by atoms with Gasteiger partial charge in [-0.05, 0) is 18.2 Å². The molecule has 26 heavy (non-hydrogen) atoms. The van der Waals surface area contributed by atoms with E-state index in [1.807, 2.05) is 18.2 Å². The van der Waals surface area contributed by atoms with Crippen molar-refractivity contribution in [1.29, 1.82) is 0 Å². The zero-order valence-electron chi connectivity index (χ0n) is 13.5. The minimum atomic E-state index is -0.649. The van der Waals surface area contributed by atoms with E-state index in [2.05, 4.69) is 15.8 Å². The second-order valence-corrected chi connectivity index (χ2v) is 5.39. The predicted molar refractivity (Wildman–Crippen MR) is 91.0 cm³/mol. The van der Waals surface area contributed by atoms with Crippen molar-refractivity contribution < 1.29 is 18.9 Å². The molecule has 2 N–H and O–H groups in total. The number of hydrogen-bond acceptors (Lipinski definition) is 6. The minimum absolute atomic E-state index is 0.0576. The summed E-state index contributed by atoms with van der Waals surface area (Å²) in [7, 11) is 0. The minimum Gasteiger partial charge on any atom is -0.441 e. The quantitative estimate of drug-likeness (QED) is 0.534. The molecular formula is C17H14N4O5. The number of fused-ring (bicyclic) bond motifs is 1. The molecule has 0 unspecified atom stereocenters. The van der Waals surface area contributed by atoms with Gasteiger partial charge in [-0.1, -0.05) is 18.2 Å². The average molecular weight is 354 g/mol. The van der Waals surface area contributed by atoms with Crippen molar-refractivity contribution in [2.45, 2.75) is 12.8 Å². The number of para-hydroxylation sites is 2. The van der Waals surface area contributed by atoms with Crippen molar-refractivity contribution in [3.05, 3.63) is 70.1 Å². The van der Waals surface area contributed by atoms with E-state index in [1.54, 1.807) is 6.07 Å². The average Bonchev–Trinajstić information content (AvgIpc) is 3.07. The van der Waals surface area contributed by atoms with E-state index in [1.165, 1.54) is 18.2 Å². The number of benzene rings is 2. The van der Waals surface area contributed by atoms with Crippen LogP contribution in [0.3, 0.4) is 0 Å². The number of nitrogens with one attached hydrogen (secondary N) is 2. The highest BCUT2D eigenvalue weighted by molar-refractivity contribution is 5.95. The van der Waals surface area contributed by atoms with Crippen LogP contribution >= 0.6 is 0 Å². The van der Waals surface area contributed by atoms with Gasteiger partial charge in [0.1, 0.15) is 5.52 Å². The van der Waals surface area contributed by atoms with Gasteiger partial charge in [-0.2, -0.15) is 0 Å². The van der Waals surface area contributed by atoms with Gasteiger partial charge in [0, 0.05) is 30.5 Å². The summed E-state index contributed by atoms with van der Waals surface area (Å²) in [6.45, 7) is 0. The van der Waals surface area contributed by atoms with Crippen LogP contribution in [0.15, 0.2) is 52.9 Å². The van der Waals surface area contributed by atoms with Gasteiger partial charge in [-0.3, -0.25) is 30.6 Å². The number of aromatic nitrogens is 1. The topological polar surface area (TPSA) is 127 Å². The number of non-ortho nitro benzene ring substituents is 1. The van der Waals surface area contributed by atoms with Crippen LogP contribution in [0, 0.1) is 10.1 Å². The number of nitro groups is 1. The molecule has 3 rings (SSSR count). The van der Waals surface area contributed by atoms with Crippen molar-refractivity contribution in [1.82, 2.24) is 15.8 Å². The molecule has 0 aliphatic heterocycles. The molecule has 0 spiro atoms. The Morgan fingerprint density at radius 2 is 1.92 bits per heavy atom. The molecule has 9 nitrogen and oxygen atoms in total. The first-order valence-electron chi connectivity index (χ1n) is 7.71. The van der Waals surface area contributed by atoms with E-state index in [-0.39, 0.29) is 24.1 Å². The van der Waals surface area contributed by atoms with Gasteiger partial charge in [0.2, 0.25) is 5.91 Å². The fraction of sp³-hybridized carbons (Fsp3) is 0.118. The first kappa shape index (κ1) is 17.1. The van der Waals surface area contributed by atoms with Crippen LogP contribution in [0.2, 0.25) is 0 Å². The Balaban J connectivity index is 1.51. The van der Waals surface area contributed by atoms with Crippen molar-refractivity contribution in [2.75, 3.05) is 0 Å². The first-order valence-corrected chi connectivity index (χ1v) is 7.71. The van der Waals surface area contributed by atoms with Gasteiger partial charge >= 0.3 is 0 Å². The van der Waals surface area contributed by atoms with Crippen LogP contribution in [0.5, 0.6) is 0 Å². The third-order valence-corrected chi connectivity index (χ3v) is 3.54. The van der Waals surface area contributed by atoms with E-state index < -0.39 is 16.7 Å². The number of rotatable bonds is 5. The molecule has 0 aliphatic rings. The summed E-state index contributed by atoms with van der Waals surface area (Å²) >= 11 is 0. The lowest BCUT2D eigenvalue weighted by Gasteiger charge is -2.06. The van der Waals surface area contributed by atoms with E-state index >= 15 is 0 Å². The smallest absolute Gasteiger partial charge is 0.270 e. The van der Waals surface area contributed by atoms with Crippen LogP contribution in [0.1, 0.15) is 22.7 Å². The molecule has 132 valence electrons. The molecule has 1 heterocycles. The van der Waals surface area contributed by atoms with Crippen molar-refractivity contribution >= 4 is 28.6 Å². The number of aryl methyl sites for hydroxylation is 1. The van der Waals surface area contributed by atoms with Gasteiger partial charge in [0.25, 0.3) is 11.6 Å². The molecular weight excluding hydrogens is 340 g/mol. The number of hydrogen-bond donors (Lipinski definition) is 2. The van der Waals surface area contributed by atoms with Gasteiger partial charge in [0.05, 0.1) is 4.92 Å². The summed E-state index contributed by atoms with van der Waals surface area (Å²) in [5.41, 5.74) is 5.68. The lowest BCUT2D eigenvalue weighted by molar-refractivity contribution is -0.384. The molecule has 0 aliphatic carbocycles. The monoisotopic (exact) mass is 354 g/mol. The second kappa shape index (κ2) is 7.43. The summed E-state index contributed by atoms with van der Waals surface area (Å²) < 4.78 is 5.51. The normalized spacial score (nSPS) is 10.5. The number of nitro benzene ring substituents is 1. The molecule has 0 radical (unpaired) electrons. The maximum atomic E-state index is 11.9. The summed E-state index contributed by atoms with van der Waals surface area (Å²) in [6, 6.07) is 12.5. The second-order valence-electron chi connectivity index (χ2n) is 5.39. The number of carbonyl (C=O) groups excluding carboxylic acids is 2. The molecule has 1 aromatic heterocycles. The van der Waals surface area contributed by atoms with E-state index in [0.717, 1.165) is 6.07 Å². The molecule has 9 heteroatoms. The Kier molecular flexibility index (Phi) is 4.88. The highest BCUT2D eigenvalue weighted by Crippen LogP contribution is 2.15. The maximum Gasteiger partial charge on any atom is 0.270 e. The van der Waals surface area contributed by atoms with E-state index in [0.29, 0.717) is 17.0 Å². The standard InChI is InChI=1S/C17H14N4O5/c22-15(8-9-16-18-13-6-1-2-7-14(13)26-16)19-20-17(23)11-4-3-5-12(10-11)21(24)25/h1-7,10H,8-9H2,(H,19,22)(H,20,23). The van der Waals surface area contributed by atoms with Crippen LogP contribution in [0.25, 0.3) is 11.1 Å². The van der Waals surface area contributed by atoms with E-state index in [9.17, 15) is 19.7 Å². The lowest BCUT2D eigenvalue weighted by Crippen LogP contribution is -2.41. The molecule has 0 saturated carbocycles. The van der Waals surface area contributed by atoms with Crippen LogP contribution in [-0.2, 0) is 11.2 Å². The van der Waals surface area contributed by atoms with Gasteiger partial charge in [0.15, 0.2) is 11.5 Å². The Labute approximate surface area is 147 Å². The number of carbonyl (C=O) groups is 2. The molecule has 2 aromatic carbocycles. The molecule has 0 atom stereocenters. The van der Waals surface area contributed by atoms with Crippen molar-refractivity contribution in [3.8, 4) is 0 Å². The third kappa shape index (κ3) is 4.01. The van der Waals surface area contributed by atoms with Crippen LogP contribution < -0.4 is 10.9 Å². The zero-order chi connectivity index (χ0) is 18.5. The Morgan fingerprint density at radius 1 is 1.12 bits per heavy atom. The van der Waals surface area contributed by atoms with Gasteiger partial charge in [-0.15, -0.1) is 0 Å². The van der Waals surface area contributed by atoms with Crippen molar-refractivity contribution in [3.63, 3.8) is 0 Å². The predicted octanol–water partition coefficient (Wildman–Crippen LogP) is 2.13. The third-order valence-electron chi connectivity index (χ3n) is 3.54. The summed E-state index contributed by atoms with van der Waals surface area (Å²) in [5.74, 6) is -0.665. The van der Waals surface area contributed by atoms with Gasteiger partial charge in [-0.25, -0.2) is 4.98 Å². The number of nitrogens with zero attached hydrogens (tertiary/aromatic N) is 2. The van der Waals surface area contributed by atoms with Gasteiger partial charge < -0.3 is 4.42 Å².